The third-order valence-corrected chi connectivity index (χ3v) is 8.31. The SMILES string of the molecule is CN[C@H](c1ncc(C)cn1)[C@@H](C)S(=O)(=O)Cc1nnc(-c2cncc(C)c2)n1-c1c(OC)cccc1OC. The fraction of sp³-hybridized carbons (Fsp3) is 0.346. The molecule has 0 amide bonds. The lowest BCUT2D eigenvalue weighted by atomic mass is 10.2. The summed E-state index contributed by atoms with van der Waals surface area (Å²) < 4.78 is 40.5. The quantitative estimate of drug-likeness (QED) is 0.322. The van der Waals surface area contributed by atoms with Crippen molar-refractivity contribution in [2.24, 2.45) is 0 Å². The minimum absolute atomic E-state index is 0.204. The third-order valence-electron chi connectivity index (χ3n) is 6.24. The van der Waals surface area contributed by atoms with Gasteiger partial charge in [-0.2, -0.15) is 0 Å². The maximum absolute atomic E-state index is 13.8. The van der Waals surface area contributed by atoms with Crippen LogP contribution in [0.15, 0.2) is 49.1 Å². The second-order valence-corrected chi connectivity index (χ2v) is 11.3. The molecule has 0 aliphatic heterocycles. The van der Waals surface area contributed by atoms with Gasteiger partial charge in [0.25, 0.3) is 0 Å². The number of aryl methyl sites for hydroxylation is 2. The molecular formula is C26H31N7O4S. The van der Waals surface area contributed by atoms with Crippen molar-refractivity contribution < 1.29 is 17.9 Å². The van der Waals surface area contributed by atoms with Gasteiger partial charge in [0.05, 0.1) is 25.5 Å². The lowest BCUT2D eigenvalue weighted by Gasteiger charge is -2.23. The Hall–Kier alpha value is -3.90. The fourth-order valence-corrected chi connectivity index (χ4v) is 5.70. The number of para-hydroxylation sites is 1. The Bertz CT molecular complexity index is 1500. The van der Waals surface area contributed by atoms with Crippen molar-refractivity contribution in [3.8, 4) is 28.6 Å². The monoisotopic (exact) mass is 537 g/mol. The van der Waals surface area contributed by atoms with Gasteiger partial charge >= 0.3 is 0 Å². The van der Waals surface area contributed by atoms with E-state index in [2.05, 4.69) is 30.5 Å². The average Bonchev–Trinajstić information content (AvgIpc) is 3.31. The van der Waals surface area contributed by atoms with Crippen LogP contribution in [-0.2, 0) is 15.6 Å². The summed E-state index contributed by atoms with van der Waals surface area (Å²) in [5.74, 6) is 1.56. The topological polar surface area (TPSA) is 134 Å². The molecule has 3 heterocycles. The zero-order valence-corrected chi connectivity index (χ0v) is 23.0. The molecule has 0 fully saturated rings. The Morgan fingerprint density at radius 1 is 0.974 bits per heavy atom. The Balaban J connectivity index is 1.84. The molecule has 4 rings (SSSR count). The molecule has 1 N–H and O–H groups in total. The van der Waals surface area contributed by atoms with Gasteiger partial charge in [-0.15, -0.1) is 10.2 Å². The number of nitrogens with zero attached hydrogens (tertiary/aromatic N) is 6. The van der Waals surface area contributed by atoms with Crippen molar-refractivity contribution in [1.82, 2.24) is 35.0 Å². The zero-order chi connectivity index (χ0) is 27.4. The highest BCUT2D eigenvalue weighted by Gasteiger charge is 2.34. The van der Waals surface area contributed by atoms with Crippen LogP contribution in [0.3, 0.4) is 0 Å². The summed E-state index contributed by atoms with van der Waals surface area (Å²) in [7, 11) is 0.964. The number of pyridine rings is 1. The van der Waals surface area contributed by atoms with E-state index in [1.165, 1.54) is 14.2 Å². The zero-order valence-electron chi connectivity index (χ0n) is 22.2. The molecule has 4 aromatic rings. The summed E-state index contributed by atoms with van der Waals surface area (Å²) in [6, 6.07) is 6.60. The molecule has 12 heteroatoms. The van der Waals surface area contributed by atoms with Crippen LogP contribution in [0.25, 0.3) is 17.1 Å². The minimum Gasteiger partial charge on any atom is -0.494 e. The number of aromatic nitrogens is 6. The second kappa shape index (κ2) is 11.2. The predicted molar refractivity (Wildman–Crippen MR) is 143 cm³/mol. The number of rotatable bonds is 10. The second-order valence-electron chi connectivity index (χ2n) is 8.93. The van der Waals surface area contributed by atoms with E-state index in [-0.39, 0.29) is 5.82 Å². The summed E-state index contributed by atoms with van der Waals surface area (Å²) in [4.78, 5) is 13.0. The molecule has 1 aromatic carbocycles. The summed E-state index contributed by atoms with van der Waals surface area (Å²) >= 11 is 0. The van der Waals surface area contributed by atoms with Crippen LogP contribution in [0.2, 0.25) is 0 Å². The lowest BCUT2D eigenvalue weighted by molar-refractivity contribution is 0.390. The fourth-order valence-electron chi connectivity index (χ4n) is 4.22. The first-order valence-electron chi connectivity index (χ1n) is 11.9. The van der Waals surface area contributed by atoms with E-state index in [9.17, 15) is 8.42 Å². The van der Waals surface area contributed by atoms with Gasteiger partial charge < -0.3 is 14.8 Å². The van der Waals surface area contributed by atoms with Crippen LogP contribution in [0, 0.1) is 13.8 Å². The average molecular weight is 538 g/mol. The summed E-state index contributed by atoms with van der Waals surface area (Å²) in [6.07, 6.45) is 6.71. The molecule has 0 unspecified atom stereocenters. The molecule has 0 spiro atoms. The summed E-state index contributed by atoms with van der Waals surface area (Å²) in [5.41, 5.74) is 2.96. The molecule has 3 aromatic heterocycles. The molecule has 0 bridgehead atoms. The molecule has 0 aliphatic carbocycles. The van der Waals surface area contributed by atoms with Crippen molar-refractivity contribution in [1.29, 1.82) is 0 Å². The van der Waals surface area contributed by atoms with Gasteiger partial charge in [-0.05, 0) is 57.1 Å². The summed E-state index contributed by atoms with van der Waals surface area (Å²) in [5, 5.41) is 10.9. The number of methoxy groups -OCH3 is 2. The first kappa shape index (κ1) is 27.1. The van der Waals surface area contributed by atoms with E-state index in [0.717, 1.165) is 11.1 Å². The molecule has 38 heavy (non-hydrogen) atoms. The number of hydrogen-bond donors (Lipinski definition) is 1. The lowest BCUT2D eigenvalue weighted by Crippen LogP contribution is -2.36. The molecular weight excluding hydrogens is 506 g/mol. The Labute approximate surface area is 222 Å². The highest BCUT2D eigenvalue weighted by atomic mass is 32.2. The highest BCUT2D eigenvalue weighted by Crippen LogP contribution is 2.37. The van der Waals surface area contributed by atoms with Crippen molar-refractivity contribution in [2.45, 2.75) is 37.8 Å². The minimum atomic E-state index is -3.79. The Kier molecular flexibility index (Phi) is 8.02. The van der Waals surface area contributed by atoms with E-state index in [0.29, 0.717) is 34.4 Å². The third kappa shape index (κ3) is 5.36. The van der Waals surface area contributed by atoms with Crippen LogP contribution >= 0.6 is 0 Å². The van der Waals surface area contributed by atoms with Gasteiger partial charge in [0.1, 0.15) is 28.8 Å². The molecule has 11 nitrogen and oxygen atoms in total. The smallest absolute Gasteiger partial charge is 0.170 e. The highest BCUT2D eigenvalue weighted by molar-refractivity contribution is 7.91. The maximum Gasteiger partial charge on any atom is 0.170 e. The normalized spacial score (nSPS) is 13.2. The van der Waals surface area contributed by atoms with Crippen LogP contribution in [0.5, 0.6) is 11.5 Å². The van der Waals surface area contributed by atoms with Crippen LogP contribution in [0.4, 0.5) is 0 Å². The molecule has 0 aliphatic rings. The van der Waals surface area contributed by atoms with E-state index >= 15 is 0 Å². The first-order valence-corrected chi connectivity index (χ1v) is 13.7. The number of sulfone groups is 1. The molecule has 0 saturated carbocycles. The Morgan fingerprint density at radius 3 is 2.21 bits per heavy atom. The van der Waals surface area contributed by atoms with Crippen LogP contribution in [-0.4, -0.2) is 64.7 Å². The van der Waals surface area contributed by atoms with Gasteiger partial charge in [-0.25, -0.2) is 18.4 Å². The molecule has 0 radical (unpaired) electrons. The van der Waals surface area contributed by atoms with Crippen LogP contribution < -0.4 is 14.8 Å². The summed E-state index contributed by atoms with van der Waals surface area (Å²) in [6.45, 7) is 5.42. The van der Waals surface area contributed by atoms with Crippen molar-refractivity contribution >= 4 is 9.84 Å². The molecule has 0 saturated heterocycles. The number of benzene rings is 1. The van der Waals surface area contributed by atoms with Gasteiger partial charge in [-0.1, -0.05) is 6.07 Å². The van der Waals surface area contributed by atoms with Gasteiger partial charge in [0, 0.05) is 30.4 Å². The number of nitrogens with one attached hydrogen (secondary N) is 1. The van der Waals surface area contributed by atoms with Crippen molar-refractivity contribution in [2.75, 3.05) is 21.3 Å². The van der Waals surface area contributed by atoms with E-state index in [1.54, 1.807) is 61.5 Å². The van der Waals surface area contributed by atoms with Gasteiger partial charge in [0.2, 0.25) is 0 Å². The van der Waals surface area contributed by atoms with Gasteiger partial charge in [0.15, 0.2) is 21.5 Å². The Morgan fingerprint density at radius 2 is 1.63 bits per heavy atom. The number of hydrogen-bond acceptors (Lipinski definition) is 10. The van der Waals surface area contributed by atoms with Crippen LogP contribution in [0.1, 0.15) is 35.7 Å². The molecule has 2 atom stereocenters. The largest absolute Gasteiger partial charge is 0.494 e. The maximum atomic E-state index is 13.8. The van der Waals surface area contributed by atoms with E-state index < -0.39 is 26.9 Å². The first-order chi connectivity index (χ1) is 18.2. The predicted octanol–water partition coefficient (Wildman–Crippen LogP) is 3.02. The number of ether oxygens (including phenoxy) is 2. The van der Waals surface area contributed by atoms with Crippen molar-refractivity contribution in [3.63, 3.8) is 0 Å². The molecule has 200 valence electrons. The van der Waals surface area contributed by atoms with E-state index in [4.69, 9.17) is 9.47 Å². The van der Waals surface area contributed by atoms with Crippen molar-refractivity contribution in [3.05, 3.63) is 71.8 Å². The van der Waals surface area contributed by atoms with Gasteiger partial charge in [-0.3, -0.25) is 9.55 Å². The standard InChI is InChI=1S/C26H31N7O4S/c1-16-10-19(14-28-11-16)26-32-31-22(33(26)24-20(36-5)8-7-9-21(24)37-6)15-38(34,35)18(3)23(27-4)25-29-12-17(2)13-30-25/h7-14,18,23,27H,15H2,1-6H3/t18-,23+/m1/s1. The van der Waals surface area contributed by atoms with E-state index in [1.807, 2.05) is 19.9 Å².